The molecule has 0 spiro atoms. The second kappa shape index (κ2) is 7.32. The largest absolute Gasteiger partial charge is 0.408 e. The van der Waals surface area contributed by atoms with Crippen LogP contribution in [0.25, 0.3) is 0 Å². The van der Waals surface area contributed by atoms with Crippen LogP contribution in [0.4, 0.5) is 25.1 Å². The topological polar surface area (TPSA) is 72.0 Å². The van der Waals surface area contributed by atoms with Gasteiger partial charge in [0, 0.05) is 0 Å². The van der Waals surface area contributed by atoms with Crippen LogP contribution in [-0.2, 0) is 4.84 Å². The van der Waals surface area contributed by atoms with Crippen LogP contribution in [0.15, 0.2) is 0 Å². The molecule has 0 fully saturated rings. The Hall–Kier alpha value is -1.00. The third-order valence-corrected chi connectivity index (χ3v) is 2.06. The van der Waals surface area contributed by atoms with Crippen LogP contribution in [-0.4, -0.2) is 32.8 Å². The Morgan fingerprint density at radius 3 is 2.10 bits per heavy atom. The summed E-state index contributed by atoms with van der Waals surface area (Å²) in [4.78, 5) is 16.2. The smallest absolute Gasteiger partial charge is 0.343 e. The van der Waals surface area contributed by atoms with E-state index in [9.17, 15) is 13.2 Å². The number of aromatic nitrogens is 3. The predicted octanol–water partition coefficient (Wildman–Crippen LogP) is 3.14. The summed E-state index contributed by atoms with van der Waals surface area (Å²) < 4.78 is 37.3. The summed E-state index contributed by atoms with van der Waals surface area (Å²) in [6.07, 6.45) is -4.42. The number of halogens is 4. The maximum absolute atomic E-state index is 12.4. The molecule has 0 amide bonds. The minimum Gasteiger partial charge on any atom is -0.343 e. The highest BCUT2D eigenvalue weighted by molar-refractivity contribution is 7.59. The summed E-state index contributed by atoms with van der Waals surface area (Å²) in [5.41, 5.74) is 1.87. The molecule has 0 bridgehead atoms. The average molecular weight is 348 g/mol. The van der Waals surface area contributed by atoms with Crippen molar-refractivity contribution in [3.63, 3.8) is 0 Å². The van der Waals surface area contributed by atoms with Gasteiger partial charge >= 0.3 is 6.18 Å². The van der Waals surface area contributed by atoms with Crippen molar-refractivity contribution in [3.8, 4) is 0 Å². The molecule has 0 aliphatic heterocycles. The van der Waals surface area contributed by atoms with E-state index in [4.69, 9.17) is 16.4 Å². The number of nitrogens with zero attached hydrogens (tertiary/aromatic N) is 3. The Morgan fingerprint density at radius 1 is 1.10 bits per heavy atom. The normalized spacial score (nSPS) is 13.3. The summed E-state index contributed by atoms with van der Waals surface area (Å²) in [6, 6.07) is -1.82. The van der Waals surface area contributed by atoms with E-state index in [1.165, 1.54) is 0 Å². The fraction of sp³-hybridized carbons (Fsp3) is 0.700. The predicted molar refractivity (Wildman–Crippen MR) is 78.8 cm³/mol. The standard InChI is InChI=1S/C10H15ClF3N5O.H2S/c1-5(10(12,13)14)15-7-16-6(11)17-8(18-7)19-20-9(2,3)4;/h5H,1-4H3,(H2,15,16,17,18,19);1H2/t5-;/m0./s1. The molecule has 0 aromatic carbocycles. The molecular formula is C10H17ClF3N5OS. The molecule has 0 saturated heterocycles. The molecule has 0 unspecified atom stereocenters. The second-order valence-corrected chi connectivity index (χ2v) is 5.31. The van der Waals surface area contributed by atoms with Gasteiger partial charge in [0.15, 0.2) is 0 Å². The molecule has 1 heterocycles. The highest BCUT2D eigenvalue weighted by atomic mass is 35.5. The molecule has 11 heteroatoms. The van der Waals surface area contributed by atoms with Crippen LogP contribution in [0, 0.1) is 0 Å². The lowest BCUT2D eigenvalue weighted by atomic mass is 10.2. The molecule has 1 rings (SSSR count). The van der Waals surface area contributed by atoms with Gasteiger partial charge < -0.3 is 5.32 Å². The number of rotatable bonds is 4. The zero-order valence-corrected chi connectivity index (χ0v) is 13.6. The van der Waals surface area contributed by atoms with E-state index >= 15 is 0 Å². The fourth-order valence-corrected chi connectivity index (χ4v) is 1.09. The molecule has 1 atom stereocenters. The van der Waals surface area contributed by atoms with Gasteiger partial charge in [-0.05, 0) is 39.3 Å². The molecule has 0 radical (unpaired) electrons. The van der Waals surface area contributed by atoms with Crippen LogP contribution in [0.3, 0.4) is 0 Å². The van der Waals surface area contributed by atoms with Crippen molar-refractivity contribution in [1.29, 1.82) is 0 Å². The molecule has 122 valence electrons. The Balaban J connectivity index is 0.00000400. The third kappa shape index (κ3) is 7.53. The maximum Gasteiger partial charge on any atom is 0.408 e. The Morgan fingerprint density at radius 2 is 1.62 bits per heavy atom. The summed E-state index contributed by atoms with van der Waals surface area (Å²) in [7, 11) is 0. The number of alkyl halides is 3. The first kappa shape index (κ1) is 20.0. The maximum atomic E-state index is 12.4. The van der Waals surface area contributed by atoms with Gasteiger partial charge in [-0.1, -0.05) is 0 Å². The highest BCUT2D eigenvalue weighted by Gasteiger charge is 2.36. The number of anilines is 2. The summed E-state index contributed by atoms with van der Waals surface area (Å²) in [6.45, 7) is 6.26. The average Bonchev–Trinajstić information content (AvgIpc) is 2.23. The van der Waals surface area contributed by atoms with E-state index in [1.807, 2.05) is 0 Å². The van der Waals surface area contributed by atoms with Crippen molar-refractivity contribution < 1.29 is 18.0 Å². The van der Waals surface area contributed by atoms with Gasteiger partial charge in [0.25, 0.3) is 5.95 Å². The number of hydrogen-bond acceptors (Lipinski definition) is 6. The van der Waals surface area contributed by atoms with Crippen molar-refractivity contribution in [2.75, 3.05) is 10.8 Å². The molecule has 0 aliphatic rings. The van der Waals surface area contributed by atoms with Gasteiger partial charge in [0.2, 0.25) is 11.2 Å². The molecule has 0 saturated carbocycles. The van der Waals surface area contributed by atoms with Crippen molar-refractivity contribution in [3.05, 3.63) is 5.28 Å². The Kier molecular flexibility index (Phi) is 6.97. The van der Waals surface area contributed by atoms with Crippen LogP contribution in [0.1, 0.15) is 27.7 Å². The first-order valence-electron chi connectivity index (χ1n) is 5.66. The minimum absolute atomic E-state index is 0. The van der Waals surface area contributed by atoms with E-state index in [2.05, 4.69) is 25.7 Å². The van der Waals surface area contributed by atoms with Crippen molar-refractivity contribution in [2.45, 2.75) is 45.5 Å². The molecule has 6 nitrogen and oxygen atoms in total. The molecule has 1 aromatic heterocycles. The third-order valence-electron chi connectivity index (χ3n) is 1.89. The highest BCUT2D eigenvalue weighted by Crippen LogP contribution is 2.22. The van der Waals surface area contributed by atoms with E-state index in [0.717, 1.165) is 6.92 Å². The van der Waals surface area contributed by atoms with E-state index < -0.39 is 17.8 Å². The Bertz CT molecular complexity index is 469. The number of hydrogen-bond donors (Lipinski definition) is 2. The van der Waals surface area contributed by atoms with E-state index in [-0.39, 0.29) is 30.7 Å². The molecular weight excluding hydrogens is 331 g/mol. The molecule has 1 aromatic rings. The first-order valence-corrected chi connectivity index (χ1v) is 6.04. The SMILES string of the molecule is C[C@H](Nc1nc(Cl)nc(NOC(C)(C)C)n1)C(F)(F)F.S. The van der Waals surface area contributed by atoms with Gasteiger partial charge in [-0.2, -0.15) is 41.6 Å². The second-order valence-electron chi connectivity index (χ2n) is 4.98. The van der Waals surface area contributed by atoms with Gasteiger partial charge in [0.05, 0.1) is 5.60 Å². The monoisotopic (exact) mass is 347 g/mol. The van der Waals surface area contributed by atoms with Crippen molar-refractivity contribution in [1.82, 2.24) is 15.0 Å². The summed E-state index contributed by atoms with van der Waals surface area (Å²) in [5.74, 6) is -0.383. The lowest BCUT2D eigenvalue weighted by Crippen LogP contribution is -2.34. The quantitative estimate of drug-likeness (QED) is 0.815. The molecule has 0 aliphatic carbocycles. The van der Waals surface area contributed by atoms with Crippen LogP contribution in [0.2, 0.25) is 5.28 Å². The van der Waals surface area contributed by atoms with Crippen LogP contribution in [0.5, 0.6) is 0 Å². The van der Waals surface area contributed by atoms with E-state index in [1.54, 1.807) is 20.8 Å². The zero-order valence-electron chi connectivity index (χ0n) is 11.8. The lowest BCUT2D eigenvalue weighted by molar-refractivity contribution is -0.138. The van der Waals surface area contributed by atoms with Crippen molar-refractivity contribution >= 4 is 37.0 Å². The van der Waals surface area contributed by atoms with Gasteiger partial charge in [-0.25, -0.2) is 5.48 Å². The minimum atomic E-state index is -4.42. The van der Waals surface area contributed by atoms with Crippen LogP contribution < -0.4 is 10.8 Å². The van der Waals surface area contributed by atoms with Crippen LogP contribution >= 0.6 is 25.1 Å². The fourth-order valence-electron chi connectivity index (χ4n) is 0.934. The van der Waals surface area contributed by atoms with Gasteiger partial charge in [-0.3, -0.25) is 4.84 Å². The van der Waals surface area contributed by atoms with Crippen molar-refractivity contribution in [2.24, 2.45) is 0 Å². The lowest BCUT2D eigenvalue weighted by Gasteiger charge is -2.20. The summed E-state index contributed by atoms with van der Waals surface area (Å²) >= 11 is 5.62. The van der Waals surface area contributed by atoms with E-state index in [0.29, 0.717) is 0 Å². The molecule has 21 heavy (non-hydrogen) atoms. The first-order chi connectivity index (χ1) is 8.97. The summed E-state index contributed by atoms with van der Waals surface area (Å²) in [5, 5.41) is 1.84. The van der Waals surface area contributed by atoms with Gasteiger partial charge in [0.1, 0.15) is 6.04 Å². The van der Waals surface area contributed by atoms with Gasteiger partial charge in [-0.15, -0.1) is 0 Å². The molecule has 2 N–H and O–H groups in total. The number of nitrogens with one attached hydrogen (secondary N) is 2. The zero-order chi connectivity index (χ0) is 15.6. The Labute approximate surface area is 132 Å².